The van der Waals surface area contributed by atoms with Crippen LogP contribution in [0, 0.1) is 40.8 Å². The first-order valence-corrected chi connectivity index (χ1v) is 21.2. The predicted octanol–water partition coefficient (Wildman–Crippen LogP) is 13.0. The fourth-order valence-corrected chi connectivity index (χ4v) is 11.3. The van der Waals surface area contributed by atoms with Gasteiger partial charge in [0.15, 0.2) is 34.9 Å². The van der Waals surface area contributed by atoms with E-state index in [1.54, 1.807) is 0 Å². The largest absolute Gasteiger partial charge is 0.312 e. The van der Waals surface area contributed by atoms with Crippen LogP contribution in [0.5, 0.6) is 0 Å². The van der Waals surface area contributed by atoms with Crippen LogP contribution in [0.3, 0.4) is 0 Å². The SMILES string of the molecule is Fc1cc(-c2cc3ccccc3c3c2C[N+]2(Cc4ccc5ccccc5c4C4C=c5ccccc5=CC4C2)Cc2c(-c4cc(F)c(F)c(F)c4)cc4ccccc4c2-3)cc(F)c1F. The number of nitrogens with zero attached hydrogens (tertiary/aromatic N) is 1. The van der Waals surface area contributed by atoms with Crippen LogP contribution in [0.2, 0.25) is 0 Å². The van der Waals surface area contributed by atoms with E-state index in [0.29, 0.717) is 41.8 Å². The number of hydrogen-bond acceptors (Lipinski definition) is 0. The van der Waals surface area contributed by atoms with Gasteiger partial charge in [0, 0.05) is 39.7 Å². The summed E-state index contributed by atoms with van der Waals surface area (Å²) in [5.41, 5.74) is 7.19. The van der Waals surface area contributed by atoms with Gasteiger partial charge in [0.25, 0.3) is 0 Å². The maximum atomic E-state index is 15.4. The van der Waals surface area contributed by atoms with Crippen LogP contribution in [0.15, 0.2) is 146 Å². The molecular weight excluding hydrogens is 801 g/mol. The quantitative estimate of drug-likeness (QED) is 0.0924. The first-order chi connectivity index (χ1) is 30.6. The number of quaternary nitrogens is 1. The van der Waals surface area contributed by atoms with Gasteiger partial charge in [-0.1, -0.05) is 121 Å². The van der Waals surface area contributed by atoms with Crippen LogP contribution < -0.4 is 10.4 Å². The molecule has 2 unspecified atom stereocenters. The molecule has 63 heavy (non-hydrogen) atoms. The van der Waals surface area contributed by atoms with Crippen LogP contribution in [-0.4, -0.2) is 11.0 Å². The van der Waals surface area contributed by atoms with E-state index in [1.165, 1.54) is 5.56 Å². The van der Waals surface area contributed by atoms with Crippen molar-refractivity contribution in [3.8, 4) is 33.4 Å². The molecule has 2 aliphatic heterocycles. The lowest BCUT2D eigenvalue weighted by Crippen LogP contribution is -2.48. The summed E-state index contributed by atoms with van der Waals surface area (Å²) in [6, 6.07) is 45.0. The number of halogens is 6. The number of hydrogen-bond donors (Lipinski definition) is 0. The van der Waals surface area contributed by atoms with Gasteiger partial charge < -0.3 is 4.48 Å². The Morgan fingerprint density at radius 3 is 1.43 bits per heavy atom. The zero-order chi connectivity index (χ0) is 42.7. The molecule has 3 aliphatic rings. The van der Waals surface area contributed by atoms with Gasteiger partial charge in [0.05, 0.1) is 6.54 Å². The maximum Gasteiger partial charge on any atom is 0.194 e. The second-order valence-corrected chi connectivity index (χ2v) is 17.5. The molecule has 0 saturated carbocycles. The molecule has 9 aromatic carbocycles. The first-order valence-electron chi connectivity index (χ1n) is 21.2. The first kappa shape index (κ1) is 37.8. The van der Waals surface area contributed by atoms with Crippen LogP contribution in [0.4, 0.5) is 26.3 Å². The van der Waals surface area contributed by atoms with Crippen molar-refractivity contribution in [2.75, 3.05) is 6.54 Å². The van der Waals surface area contributed by atoms with Gasteiger partial charge in [-0.05, 0) is 107 Å². The van der Waals surface area contributed by atoms with Gasteiger partial charge in [-0.3, -0.25) is 0 Å². The summed E-state index contributed by atoms with van der Waals surface area (Å²) in [6.45, 7) is 1.93. The van der Waals surface area contributed by atoms with Crippen LogP contribution in [0.1, 0.15) is 28.2 Å². The Labute approximate surface area is 358 Å². The standard InChI is InChI=1S/C56H36F6N/c57-48-23-37(24-49(58)55(48)61)43-21-34-12-4-7-15-41(34)53-46(43)29-63(30-47-44(38-25-50(59)56(62)51(60)26-38)22-35-13-5-8-16-42(35)54(47)53)27-36-18-17-31-9-3-6-14-40(31)52(36)45-20-33-11-2-1-10-32(33)19-39(45)28-63/h1-26,39,45H,27-30H2/q+1. The lowest BCUT2D eigenvalue weighted by molar-refractivity contribution is -0.967. The van der Waals surface area contributed by atoms with E-state index in [4.69, 9.17) is 0 Å². The fraction of sp³-hybridized carbons (Fsp3) is 0.107. The highest BCUT2D eigenvalue weighted by Gasteiger charge is 2.44. The van der Waals surface area contributed by atoms with Crippen LogP contribution in [0.25, 0.3) is 77.9 Å². The number of rotatable bonds is 2. The van der Waals surface area contributed by atoms with E-state index < -0.39 is 34.9 Å². The van der Waals surface area contributed by atoms with Crippen LogP contribution >= 0.6 is 0 Å². The van der Waals surface area contributed by atoms with E-state index in [9.17, 15) is 8.78 Å². The molecule has 0 N–H and O–H groups in total. The molecule has 0 fully saturated rings. The van der Waals surface area contributed by atoms with Crippen molar-refractivity contribution in [3.63, 3.8) is 0 Å². The van der Waals surface area contributed by atoms with E-state index in [2.05, 4.69) is 60.7 Å². The lowest BCUT2D eigenvalue weighted by atomic mass is 9.79. The van der Waals surface area contributed by atoms with Gasteiger partial charge in [0.1, 0.15) is 19.6 Å². The zero-order valence-corrected chi connectivity index (χ0v) is 33.7. The third-order valence-corrected chi connectivity index (χ3v) is 13.8. The monoisotopic (exact) mass is 836 g/mol. The van der Waals surface area contributed by atoms with Crippen molar-refractivity contribution in [2.45, 2.75) is 25.6 Å². The van der Waals surface area contributed by atoms with Gasteiger partial charge in [0.2, 0.25) is 0 Å². The molecule has 0 aromatic heterocycles. The molecule has 0 radical (unpaired) electrons. The molecule has 0 amide bonds. The topological polar surface area (TPSA) is 0 Å². The number of benzene rings is 9. The summed E-state index contributed by atoms with van der Waals surface area (Å²) in [7, 11) is 0. The number of fused-ring (bicyclic) bond motifs is 13. The summed E-state index contributed by atoms with van der Waals surface area (Å²) in [4.78, 5) is 0. The maximum absolute atomic E-state index is 15.4. The van der Waals surface area contributed by atoms with Crippen molar-refractivity contribution < 1.29 is 30.8 Å². The van der Waals surface area contributed by atoms with Crippen molar-refractivity contribution >= 4 is 44.5 Å². The molecular formula is C56H36F6N+. The zero-order valence-electron chi connectivity index (χ0n) is 33.7. The second kappa shape index (κ2) is 14.0. The van der Waals surface area contributed by atoms with Crippen molar-refractivity contribution in [2.24, 2.45) is 5.92 Å². The van der Waals surface area contributed by atoms with Gasteiger partial charge in [-0.2, -0.15) is 0 Å². The van der Waals surface area contributed by atoms with E-state index in [1.807, 2.05) is 72.8 Å². The molecule has 7 heteroatoms. The third-order valence-electron chi connectivity index (χ3n) is 13.8. The highest BCUT2D eigenvalue weighted by atomic mass is 19.2. The summed E-state index contributed by atoms with van der Waals surface area (Å²) in [5, 5.41) is 7.93. The average molecular weight is 837 g/mol. The van der Waals surface area contributed by atoms with Crippen molar-refractivity contribution in [1.29, 1.82) is 0 Å². The minimum atomic E-state index is -1.54. The lowest BCUT2D eigenvalue weighted by Gasteiger charge is -2.40. The Hall–Kier alpha value is -6.96. The summed E-state index contributed by atoms with van der Waals surface area (Å²) in [6.07, 6.45) is 4.76. The minimum Gasteiger partial charge on any atom is -0.312 e. The minimum absolute atomic E-state index is 0.00609. The highest BCUT2D eigenvalue weighted by Crippen LogP contribution is 2.53. The highest BCUT2D eigenvalue weighted by molar-refractivity contribution is 6.12. The Morgan fingerprint density at radius 2 is 0.889 bits per heavy atom. The van der Waals surface area contributed by atoms with Crippen molar-refractivity contribution in [1.82, 2.24) is 0 Å². The summed E-state index contributed by atoms with van der Waals surface area (Å²) in [5.74, 6) is -8.27. The smallest absolute Gasteiger partial charge is 0.194 e. The molecule has 2 atom stereocenters. The second-order valence-electron chi connectivity index (χ2n) is 17.5. The van der Waals surface area contributed by atoms with Gasteiger partial charge in [-0.15, -0.1) is 0 Å². The van der Waals surface area contributed by atoms with E-state index >= 15 is 17.6 Å². The Morgan fingerprint density at radius 1 is 0.429 bits per heavy atom. The van der Waals surface area contributed by atoms with E-state index in [0.717, 1.165) is 94.8 Å². The third kappa shape index (κ3) is 5.90. The molecule has 2 heterocycles. The average Bonchev–Trinajstić information content (AvgIpc) is 3.52. The molecule has 0 saturated heterocycles. The Balaban J connectivity index is 1.24. The van der Waals surface area contributed by atoms with Crippen molar-refractivity contribution in [3.05, 3.63) is 213 Å². The van der Waals surface area contributed by atoms with Crippen LogP contribution in [-0.2, 0) is 19.6 Å². The molecule has 306 valence electrons. The molecule has 1 spiro atoms. The molecule has 1 nitrogen and oxygen atoms in total. The molecule has 12 rings (SSSR count). The van der Waals surface area contributed by atoms with E-state index in [-0.39, 0.29) is 23.0 Å². The molecule has 9 aromatic rings. The summed E-state index contributed by atoms with van der Waals surface area (Å²) >= 11 is 0. The molecule has 0 bridgehead atoms. The van der Waals surface area contributed by atoms with Gasteiger partial charge >= 0.3 is 0 Å². The molecule has 1 aliphatic carbocycles. The fourth-order valence-electron chi connectivity index (χ4n) is 11.3. The normalized spacial score (nSPS) is 17.2. The van der Waals surface area contributed by atoms with Gasteiger partial charge in [-0.25, -0.2) is 26.3 Å². The summed E-state index contributed by atoms with van der Waals surface area (Å²) < 4.78 is 91.6. The predicted molar refractivity (Wildman–Crippen MR) is 239 cm³/mol. The Bertz CT molecular complexity index is 3380. The Kier molecular flexibility index (Phi) is 8.41.